The van der Waals surface area contributed by atoms with Crippen molar-refractivity contribution in [3.63, 3.8) is 0 Å². The van der Waals surface area contributed by atoms with Crippen LogP contribution in [0.3, 0.4) is 0 Å². The maximum atomic E-state index is 13.5. The van der Waals surface area contributed by atoms with Crippen LogP contribution in [0.15, 0.2) is 60.9 Å². The smallest absolute Gasteiger partial charge is 0.417 e. The SMILES string of the molecule is O=C(Nc1cnc(Oc2ccccc2F)nc1)c1ccccc1C(F)(F)F. The van der Waals surface area contributed by atoms with E-state index >= 15 is 0 Å². The number of amides is 1. The Balaban J connectivity index is 1.74. The molecule has 0 fully saturated rings. The van der Waals surface area contributed by atoms with Gasteiger partial charge in [-0.2, -0.15) is 13.2 Å². The van der Waals surface area contributed by atoms with E-state index in [2.05, 4.69) is 15.3 Å². The molecule has 1 heterocycles. The van der Waals surface area contributed by atoms with E-state index < -0.39 is 29.0 Å². The van der Waals surface area contributed by atoms with Crippen molar-refractivity contribution in [2.24, 2.45) is 0 Å². The first-order valence-corrected chi connectivity index (χ1v) is 7.56. The number of anilines is 1. The summed E-state index contributed by atoms with van der Waals surface area (Å²) in [6.07, 6.45) is -2.39. The molecule has 0 atom stereocenters. The van der Waals surface area contributed by atoms with Crippen LogP contribution in [0.4, 0.5) is 23.2 Å². The van der Waals surface area contributed by atoms with Crippen LogP contribution >= 0.6 is 0 Å². The van der Waals surface area contributed by atoms with Crippen LogP contribution in [-0.2, 0) is 6.18 Å². The van der Waals surface area contributed by atoms with Crippen molar-refractivity contribution in [3.8, 4) is 11.8 Å². The van der Waals surface area contributed by atoms with Gasteiger partial charge in [-0.15, -0.1) is 0 Å². The predicted molar refractivity (Wildman–Crippen MR) is 87.9 cm³/mol. The Kier molecular flexibility index (Phi) is 5.02. The van der Waals surface area contributed by atoms with Crippen LogP contribution in [0, 0.1) is 5.82 Å². The van der Waals surface area contributed by atoms with Crippen molar-refractivity contribution in [2.45, 2.75) is 6.18 Å². The fourth-order valence-corrected chi connectivity index (χ4v) is 2.19. The van der Waals surface area contributed by atoms with Crippen LogP contribution in [0.25, 0.3) is 0 Å². The second-order valence-electron chi connectivity index (χ2n) is 5.28. The van der Waals surface area contributed by atoms with E-state index in [0.29, 0.717) is 0 Å². The molecular formula is C18H11F4N3O2. The summed E-state index contributed by atoms with van der Waals surface area (Å²) in [5.41, 5.74) is -1.53. The van der Waals surface area contributed by atoms with Gasteiger partial charge in [0.15, 0.2) is 11.6 Å². The Morgan fingerprint density at radius 3 is 2.26 bits per heavy atom. The molecule has 0 saturated heterocycles. The third kappa shape index (κ3) is 4.38. The zero-order chi connectivity index (χ0) is 19.4. The minimum atomic E-state index is -4.66. The molecule has 0 aliphatic carbocycles. The molecule has 1 N–H and O–H groups in total. The van der Waals surface area contributed by atoms with Crippen molar-refractivity contribution in [2.75, 3.05) is 5.32 Å². The number of benzene rings is 2. The number of nitrogens with one attached hydrogen (secondary N) is 1. The summed E-state index contributed by atoms with van der Waals surface area (Å²) in [4.78, 5) is 19.7. The van der Waals surface area contributed by atoms with Gasteiger partial charge in [0.2, 0.25) is 0 Å². The number of rotatable bonds is 4. The van der Waals surface area contributed by atoms with E-state index in [1.165, 1.54) is 30.3 Å². The predicted octanol–water partition coefficient (Wildman–Crippen LogP) is 4.68. The molecule has 5 nitrogen and oxygen atoms in total. The standard InChI is InChI=1S/C18H11F4N3O2/c19-14-7-3-4-8-15(14)27-17-23-9-11(10-24-17)25-16(26)12-5-1-2-6-13(12)18(20,21)22/h1-10H,(H,25,26). The summed E-state index contributed by atoms with van der Waals surface area (Å²) in [5, 5.41) is 2.28. The first-order valence-electron chi connectivity index (χ1n) is 7.56. The largest absolute Gasteiger partial charge is 0.421 e. The minimum absolute atomic E-state index is 0.0536. The van der Waals surface area contributed by atoms with E-state index in [9.17, 15) is 22.4 Å². The topological polar surface area (TPSA) is 64.1 Å². The molecule has 27 heavy (non-hydrogen) atoms. The third-order valence-corrected chi connectivity index (χ3v) is 3.40. The average molecular weight is 377 g/mol. The Labute approximate surface area is 150 Å². The molecule has 0 radical (unpaired) electrons. The maximum absolute atomic E-state index is 13.5. The highest BCUT2D eigenvalue weighted by atomic mass is 19.4. The lowest BCUT2D eigenvalue weighted by atomic mass is 10.1. The highest BCUT2D eigenvalue weighted by molar-refractivity contribution is 6.05. The van der Waals surface area contributed by atoms with Gasteiger partial charge in [-0.3, -0.25) is 4.79 Å². The van der Waals surface area contributed by atoms with Crippen molar-refractivity contribution in [1.82, 2.24) is 9.97 Å². The maximum Gasteiger partial charge on any atom is 0.417 e. The molecule has 3 rings (SSSR count). The Hall–Kier alpha value is -3.49. The number of halogens is 4. The lowest BCUT2D eigenvalue weighted by Crippen LogP contribution is -2.18. The molecule has 9 heteroatoms. The van der Waals surface area contributed by atoms with Crippen molar-refractivity contribution in [3.05, 3.63) is 77.9 Å². The summed E-state index contributed by atoms with van der Waals surface area (Å²) >= 11 is 0. The highest BCUT2D eigenvalue weighted by Crippen LogP contribution is 2.32. The van der Waals surface area contributed by atoms with Gasteiger partial charge < -0.3 is 10.1 Å². The number of carbonyl (C=O) groups excluding carboxylic acids is 1. The number of aromatic nitrogens is 2. The second-order valence-corrected chi connectivity index (χ2v) is 5.28. The van der Waals surface area contributed by atoms with Crippen molar-refractivity contribution in [1.29, 1.82) is 0 Å². The molecule has 0 aliphatic rings. The van der Waals surface area contributed by atoms with E-state index in [1.807, 2.05) is 0 Å². The second kappa shape index (κ2) is 7.40. The molecule has 0 aliphatic heterocycles. The fourth-order valence-electron chi connectivity index (χ4n) is 2.19. The van der Waals surface area contributed by atoms with Gasteiger partial charge in [0.05, 0.1) is 29.2 Å². The molecular weight excluding hydrogens is 366 g/mol. The van der Waals surface area contributed by atoms with Crippen LogP contribution in [0.2, 0.25) is 0 Å². The molecule has 0 bridgehead atoms. The molecule has 1 amide bonds. The van der Waals surface area contributed by atoms with Gasteiger partial charge in [0, 0.05) is 0 Å². The van der Waals surface area contributed by atoms with E-state index in [1.54, 1.807) is 6.07 Å². The number of carbonyl (C=O) groups is 1. The minimum Gasteiger partial charge on any atom is -0.421 e. The normalized spacial score (nSPS) is 11.1. The lowest BCUT2D eigenvalue weighted by molar-refractivity contribution is -0.137. The quantitative estimate of drug-likeness (QED) is 0.671. The number of hydrogen-bond donors (Lipinski definition) is 1. The van der Waals surface area contributed by atoms with Crippen molar-refractivity contribution < 1.29 is 27.1 Å². The molecule has 0 spiro atoms. The first kappa shape index (κ1) is 18.3. The first-order chi connectivity index (χ1) is 12.8. The molecule has 1 aromatic heterocycles. The molecule has 3 aromatic rings. The van der Waals surface area contributed by atoms with Gasteiger partial charge in [-0.05, 0) is 24.3 Å². The Morgan fingerprint density at radius 1 is 0.963 bits per heavy atom. The third-order valence-electron chi connectivity index (χ3n) is 3.40. The summed E-state index contributed by atoms with van der Waals surface area (Å²) in [5.74, 6) is -1.66. The number of para-hydroxylation sites is 1. The molecule has 0 unspecified atom stereocenters. The summed E-state index contributed by atoms with van der Waals surface area (Å²) in [6, 6.07) is 9.83. The molecule has 0 saturated carbocycles. The monoisotopic (exact) mass is 377 g/mol. The molecule has 138 valence electrons. The van der Waals surface area contributed by atoms with Crippen LogP contribution < -0.4 is 10.1 Å². The number of ether oxygens (including phenoxy) is 1. The number of alkyl halides is 3. The Morgan fingerprint density at radius 2 is 1.59 bits per heavy atom. The average Bonchev–Trinajstić information content (AvgIpc) is 2.64. The lowest BCUT2D eigenvalue weighted by Gasteiger charge is -2.12. The fraction of sp³-hybridized carbons (Fsp3) is 0.0556. The van der Waals surface area contributed by atoms with Gasteiger partial charge in [-0.1, -0.05) is 24.3 Å². The van der Waals surface area contributed by atoms with Crippen LogP contribution in [0.5, 0.6) is 11.8 Å². The summed E-state index contributed by atoms with van der Waals surface area (Å²) in [7, 11) is 0. The summed E-state index contributed by atoms with van der Waals surface area (Å²) in [6.45, 7) is 0. The zero-order valence-electron chi connectivity index (χ0n) is 13.5. The van der Waals surface area contributed by atoms with Gasteiger partial charge >= 0.3 is 12.2 Å². The number of nitrogens with zero attached hydrogens (tertiary/aromatic N) is 2. The van der Waals surface area contributed by atoms with E-state index in [4.69, 9.17) is 4.74 Å². The van der Waals surface area contributed by atoms with E-state index in [0.717, 1.165) is 24.5 Å². The van der Waals surface area contributed by atoms with Crippen LogP contribution in [-0.4, -0.2) is 15.9 Å². The summed E-state index contributed by atoms with van der Waals surface area (Å²) < 4.78 is 57.6. The van der Waals surface area contributed by atoms with Gasteiger partial charge in [0.25, 0.3) is 5.91 Å². The number of hydrogen-bond acceptors (Lipinski definition) is 4. The van der Waals surface area contributed by atoms with E-state index in [-0.39, 0.29) is 17.4 Å². The van der Waals surface area contributed by atoms with Crippen LogP contribution in [0.1, 0.15) is 15.9 Å². The highest BCUT2D eigenvalue weighted by Gasteiger charge is 2.34. The molecule has 2 aromatic carbocycles. The zero-order valence-corrected chi connectivity index (χ0v) is 13.5. The van der Waals surface area contributed by atoms with Gasteiger partial charge in [0.1, 0.15) is 0 Å². The van der Waals surface area contributed by atoms with Gasteiger partial charge in [-0.25, -0.2) is 14.4 Å². The Bertz CT molecular complexity index is 959. The van der Waals surface area contributed by atoms with Crippen molar-refractivity contribution >= 4 is 11.6 Å².